The van der Waals surface area contributed by atoms with Gasteiger partial charge >= 0.3 is 0 Å². The summed E-state index contributed by atoms with van der Waals surface area (Å²) in [4.78, 5) is 15.7. The number of hydrogen-bond donors (Lipinski definition) is 1. The summed E-state index contributed by atoms with van der Waals surface area (Å²) in [5, 5.41) is 16.8. The van der Waals surface area contributed by atoms with Crippen LogP contribution >= 0.6 is 11.6 Å². The van der Waals surface area contributed by atoms with E-state index in [0.717, 1.165) is 36.8 Å². The Hall–Kier alpha value is -2.44. The molecular weight excluding hydrogens is 465 g/mol. The summed E-state index contributed by atoms with van der Waals surface area (Å²) in [6.45, 7) is 2.29. The summed E-state index contributed by atoms with van der Waals surface area (Å²) in [6, 6.07) is 7.73. The fourth-order valence-corrected chi connectivity index (χ4v) is 6.46. The maximum absolute atomic E-state index is 13.5. The molecule has 33 heavy (non-hydrogen) atoms. The SMILES string of the molecule is Cc1cc(N2C[C@H](S(=O)c3ccc(F)cc3Cl)C[C@H]2C(=O)NC2(C#N)CC2)n(C2CCC2)n1. The zero-order valence-corrected chi connectivity index (χ0v) is 19.8. The Morgan fingerprint density at radius 2 is 2.12 bits per heavy atom. The minimum Gasteiger partial charge on any atom is -0.344 e. The largest absolute Gasteiger partial charge is 0.344 e. The van der Waals surface area contributed by atoms with Gasteiger partial charge in [0.05, 0.1) is 43.8 Å². The van der Waals surface area contributed by atoms with E-state index in [2.05, 4.69) is 16.5 Å². The van der Waals surface area contributed by atoms with Crippen LogP contribution in [0.25, 0.3) is 0 Å². The van der Waals surface area contributed by atoms with Crippen LogP contribution < -0.4 is 10.2 Å². The Bertz CT molecular complexity index is 1170. The number of nitrogens with zero attached hydrogens (tertiary/aromatic N) is 4. The van der Waals surface area contributed by atoms with Crippen LogP contribution in [0.2, 0.25) is 5.02 Å². The highest BCUT2D eigenvalue weighted by Gasteiger charge is 2.49. The molecule has 2 heterocycles. The second kappa shape index (κ2) is 8.41. The van der Waals surface area contributed by atoms with Gasteiger partial charge in [-0.05, 0) is 63.6 Å². The topological polar surface area (TPSA) is 91.0 Å². The first-order valence-corrected chi connectivity index (χ1v) is 12.8. The molecule has 0 radical (unpaired) electrons. The molecule has 1 saturated heterocycles. The maximum Gasteiger partial charge on any atom is 0.244 e. The normalized spacial score (nSPS) is 24.7. The molecule has 10 heteroatoms. The van der Waals surface area contributed by atoms with Crippen LogP contribution in [0.3, 0.4) is 0 Å². The van der Waals surface area contributed by atoms with Crippen molar-refractivity contribution >= 4 is 34.1 Å². The predicted molar refractivity (Wildman–Crippen MR) is 123 cm³/mol. The van der Waals surface area contributed by atoms with E-state index in [4.69, 9.17) is 11.6 Å². The third kappa shape index (κ3) is 4.15. The van der Waals surface area contributed by atoms with Gasteiger partial charge in [0, 0.05) is 12.6 Å². The smallest absolute Gasteiger partial charge is 0.244 e. The Labute approximate surface area is 199 Å². The summed E-state index contributed by atoms with van der Waals surface area (Å²) >= 11 is 6.19. The van der Waals surface area contributed by atoms with E-state index in [9.17, 15) is 18.7 Å². The van der Waals surface area contributed by atoms with Crippen molar-refractivity contribution in [2.45, 2.75) is 73.2 Å². The summed E-state index contributed by atoms with van der Waals surface area (Å²) in [7, 11) is -1.53. The molecule has 0 bridgehead atoms. The van der Waals surface area contributed by atoms with E-state index in [1.807, 2.05) is 22.6 Å². The van der Waals surface area contributed by atoms with Crippen molar-refractivity contribution in [1.82, 2.24) is 15.1 Å². The van der Waals surface area contributed by atoms with Gasteiger partial charge in [0.2, 0.25) is 5.91 Å². The molecule has 0 spiro atoms. The third-order valence-corrected chi connectivity index (χ3v) is 9.02. The van der Waals surface area contributed by atoms with Crippen molar-refractivity contribution in [3.05, 3.63) is 40.8 Å². The Balaban J connectivity index is 1.46. The number of rotatable bonds is 6. The highest BCUT2D eigenvalue weighted by molar-refractivity contribution is 7.85. The van der Waals surface area contributed by atoms with Gasteiger partial charge in [-0.3, -0.25) is 9.00 Å². The van der Waals surface area contributed by atoms with Gasteiger partial charge < -0.3 is 10.2 Å². The van der Waals surface area contributed by atoms with Crippen molar-refractivity contribution < 1.29 is 13.4 Å². The minimum absolute atomic E-state index is 0.115. The number of anilines is 1. The number of carbonyl (C=O) groups excluding carboxylic acids is 1. The lowest BCUT2D eigenvalue weighted by molar-refractivity contribution is -0.122. The first-order chi connectivity index (χ1) is 15.8. The molecule has 1 N–H and O–H groups in total. The van der Waals surface area contributed by atoms with E-state index < -0.39 is 28.2 Å². The number of benzene rings is 1. The number of nitriles is 1. The van der Waals surface area contributed by atoms with Crippen LogP contribution in [0.1, 0.15) is 50.3 Å². The van der Waals surface area contributed by atoms with Crippen molar-refractivity contribution in [3.63, 3.8) is 0 Å². The Morgan fingerprint density at radius 3 is 2.73 bits per heavy atom. The summed E-state index contributed by atoms with van der Waals surface area (Å²) in [5.74, 6) is 0.110. The van der Waals surface area contributed by atoms with Crippen molar-refractivity contribution in [3.8, 4) is 6.07 Å². The molecule has 2 aromatic rings. The van der Waals surface area contributed by atoms with Crippen molar-refractivity contribution in [2.75, 3.05) is 11.4 Å². The maximum atomic E-state index is 13.5. The minimum atomic E-state index is -1.53. The molecular formula is C23H25ClFN5O2S. The van der Waals surface area contributed by atoms with Gasteiger partial charge in [-0.2, -0.15) is 10.4 Å². The number of halogens is 2. The van der Waals surface area contributed by atoms with E-state index in [0.29, 0.717) is 36.7 Å². The highest BCUT2D eigenvalue weighted by Crippen LogP contribution is 2.40. The van der Waals surface area contributed by atoms with Crippen LogP contribution in [-0.4, -0.2) is 43.3 Å². The van der Waals surface area contributed by atoms with Crippen LogP contribution in [0, 0.1) is 24.1 Å². The fraction of sp³-hybridized carbons (Fsp3) is 0.522. The number of aryl methyl sites for hydroxylation is 1. The van der Waals surface area contributed by atoms with Crippen LogP contribution in [0.15, 0.2) is 29.2 Å². The molecule has 2 aliphatic carbocycles. The number of nitrogens with one attached hydrogen (secondary N) is 1. The zero-order valence-electron chi connectivity index (χ0n) is 18.3. The lowest BCUT2D eigenvalue weighted by atomic mass is 9.93. The monoisotopic (exact) mass is 489 g/mol. The van der Waals surface area contributed by atoms with Crippen LogP contribution in [0.5, 0.6) is 0 Å². The van der Waals surface area contributed by atoms with Crippen LogP contribution in [0.4, 0.5) is 10.2 Å². The number of hydrogen-bond acceptors (Lipinski definition) is 5. The first kappa shape index (κ1) is 22.4. The molecule has 3 aliphatic rings. The van der Waals surface area contributed by atoms with Gasteiger partial charge in [0.15, 0.2) is 0 Å². The second-order valence-electron chi connectivity index (χ2n) is 9.25. The molecule has 3 fully saturated rings. The second-order valence-corrected chi connectivity index (χ2v) is 11.4. The van der Waals surface area contributed by atoms with E-state index in [1.54, 1.807) is 0 Å². The molecule has 174 valence electrons. The molecule has 5 rings (SSSR count). The summed E-state index contributed by atoms with van der Waals surface area (Å²) in [6.07, 6.45) is 4.84. The van der Waals surface area contributed by atoms with E-state index >= 15 is 0 Å². The molecule has 1 aromatic carbocycles. The molecule has 2 saturated carbocycles. The molecule has 1 aliphatic heterocycles. The predicted octanol–water partition coefficient (Wildman–Crippen LogP) is 3.64. The first-order valence-electron chi connectivity index (χ1n) is 11.2. The fourth-order valence-electron chi connectivity index (χ4n) is 4.60. The van der Waals surface area contributed by atoms with Crippen LogP contribution in [-0.2, 0) is 15.6 Å². The Kier molecular flexibility index (Phi) is 5.69. The lowest BCUT2D eigenvalue weighted by Crippen LogP contribution is -2.48. The molecule has 1 unspecified atom stereocenters. The molecule has 7 nitrogen and oxygen atoms in total. The van der Waals surface area contributed by atoms with Gasteiger partial charge in [-0.1, -0.05) is 11.6 Å². The highest BCUT2D eigenvalue weighted by atomic mass is 35.5. The molecule has 3 atom stereocenters. The Morgan fingerprint density at radius 1 is 1.36 bits per heavy atom. The third-order valence-electron chi connectivity index (χ3n) is 6.86. The van der Waals surface area contributed by atoms with Gasteiger partial charge in [0.25, 0.3) is 0 Å². The average molecular weight is 490 g/mol. The van der Waals surface area contributed by atoms with Gasteiger partial charge in [0.1, 0.15) is 23.2 Å². The van der Waals surface area contributed by atoms with Gasteiger partial charge in [-0.25, -0.2) is 9.07 Å². The number of carbonyl (C=O) groups is 1. The average Bonchev–Trinajstić information content (AvgIpc) is 3.20. The summed E-state index contributed by atoms with van der Waals surface area (Å²) in [5.41, 5.74) is 0.0719. The summed E-state index contributed by atoms with van der Waals surface area (Å²) < 4.78 is 29.0. The number of aromatic nitrogens is 2. The standard InChI is InChI=1S/C23H25ClFN5O2S/c1-14-9-21(30(28-14)16-3-2-4-16)29-12-17(33(32)20-6-5-15(25)10-18(20)24)11-19(29)22(31)27-23(13-26)7-8-23/h5-6,9-10,16-17,19H,2-4,7-8,11-12H2,1H3,(H,27,31)/t17-,19+,33?/m1/s1. The van der Waals surface area contributed by atoms with Crippen molar-refractivity contribution in [1.29, 1.82) is 5.26 Å². The van der Waals surface area contributed by atoms with E-state index in [-0.39, 0.29) is 16.2 Å². The molecule has 1 amide bonds. The van der Waals surface area contributed by atoms with Crippen molar-refractivity contribution in [2.24, 2.45) is 0 Å². The van der Waals surface area contributed by atoms with E-state index in [1.165, 1.54) is 12.1 Å². The lowest BCUT2D eigenvalue weighted by Gasteiger charge is -2.32. The number of amides is 1. The van der Waals surface area contributed by atoms with Gasteiger partial charge in [-0.15, -0.1) is 0 Å². The molecule has 1 aromatic heterocycles. The zero-order chi connectivity index (χ0) is 23.3. The quantitative estimate of drug-likeness (QED) is 0.669.